The summed E-state index contributed by atoms with van der Waals surface area (Å²) in [7, 11) is 0. The first-order valence-electron chi connectivity index (χ1n) is 4.53. The highest BCUT2D eigenvalue weighted by Gasteiger charge is 2.03. The highest BCUT2D eigenvalue weighted by atomic mass is 32.2. The number of amides is 1. The molecule has 0 fully saturated rings. The fourth-order valence-electron chi connectivity index (χ4n) is 1.54. The summed E-state index contributed by atoms with van der Waals surface area (Å²) in [5.74, 6) is 0.633. The largest absolute Gasteiger partial charge is 0.349 e. The number of benzene rings is 1. The molecule has 14 heavy (non-hydrogen) atoms. The van der Waals surface area contributed by atoms with Crippen molar-refractivity contribution in [2.45, 2.75) is 25.7 Å². The van der Waals surface area contributed by atoms with E-state index in [9.17, 15) is 4.79 Å². The molecule has 0 aromatic heterocycles. The lowest BCUT2D eigenvalue weighted by Crippen LogP contribution is -2.09. The Bertz CT molecular complexity index is 313. The Labute approximate surface area is 89.1 Å². The summed E-state index contributed by atoms with van der Waals surface area (Å²) in [4.78, 5) is 11.4. The topological polar surface area (TPSA) is 29.1 Å². The molecule has 0 spiro atoms. The second-order valence-corrected chi connectivity index (χ2v) is 4.32. The van der Waals surface area contributed by atoms with Crippen LogP contribution in [0.3, 0.4) is 0 Å². The predicted molar refractivity (Wildman–Crippen MR) is 60.6 cm³/mol. The maximum Gasteiger partial charge on any atom is 0.207 e. The van der Waals surface area contributed by atoms with Crippen molar-refractivity contribution in [2.75, 3.05) is 5.88 Å². The number of rotatable bonds is 4. The Hall–Kier alpha value is -0.960. The molecule has 0 bridgehead atoms. The summed E-state index contributed by atoms with van der Waals surface area (Å²) in [6.45, 7) is 6.30. The molecule has 0 unspecified atom stereocenters. The first-order valence-corrected chi connectivity index (χ1v) is 5.51. The molecule has 1 N–H and O–H groups in total. The Morgan fingerprint density at radius 2 is 1.86 bits per heavy atom. The van der Waals surface area contributed by atoms with Gasteiger partial charge in [-0.2, -0.15) is 0 Å². The van der Waals surface area contributed by atoms with E-state index in [1.165, 1.54) is 21.6 Å². The number of hydrogen-bond donors (Lipinski definition) is 1. The molecule has 0 aliphatic carbocycles. The molecule has 3 heteroatoms. The molecule has 1 aromatic rings. The number of nitrogens with one attached hydrogen (secondary N) is 1. The van der Waals surface area contributed by atoms with E-state index in [1.54, 1.807) is 11.8 Å². The van der Waals surface area contributed by atoms with Gasteiger partial charge < -0.3 is 5.32 Å². The third-order valence-corrected chi connectivity index (χ3v) is 3.23. The van der Waals surface area contributed by atoms with Crippen LogP contribution in [0, 0.1) is 20.8 Å². The van der Waals surface area contributed by atoms with Gasteiger partial charge in [0.25, 0.3) is 0 Å². The normalized spacial score (nSPS) is 9.93. The quantitative estimate of drug-likeness (QED) is 0.357. The summed E-state index contributed by atoms with van der Waals surface area (Å²) in [5, 5.41) is 2.65. The Morgan fingerprint density at radius 3 is 2.36 bits per heavy atom. The second kappa shape index (κ2) is 5.05. The highest BCUT2D eigenvalue weighted by Crippen LogP contribution is 2.26. The molecule has 0 radical (unpaired) electrons. The standard InChI is InChI=1S/C11H15NOS/c1-8-4-9(2)11(10(3)5-8)14-7-12-6-13/h4-6H,7H2,1-3H3,(H,12,13). The zero-order chi connectivity index (χ0) is 10.6. The number of aryl methyl sites for hydroxylation is 3. The zero-order valence-corrected chi connectivity index (χ0v) is 9.57. The molecule has 0 atom stereocenters. The molecule has 1 amide bonds. The van der Waals surface area contributed by atoms with Crippen LogP contribution < -0.4 is 5.32 Å². The van der Waals surface area contributed by atoms with Crippen molar-refractivity contribution in [2.24, 2.45) is 0 Å². The van der Waals surface area contributed by atoms with E-state index < -0.39 is 0 Å². The lowest BCUT2D eigenvalue weighted by Gasteiger charge is -2.10. The smallest absolute Gasteiger partial charge is 0.207 e. The van der Waals surface area contributed by atoms with Gasteiger partial charge in [0, 0.05) is 4.90 Å². The monoisotopic (exact) mass is 209 g/mol. The lowest BCUT2D eigenvalue weighted by molar-refractivity contribution is -0.109. The predicted octanol–water partition coefficient (Wildman–Crippen LogP) is 2.41. The van der Waals surface area contributed by atoms with Crippen molar-refractivity contribution in [1.29, 1.82) is 0 Å². The summed E-state index contributed by atoms with van der Waals surface area (Å²) in [6.07, 6.45) is 0.728. The fourth-order valence-corrected chi connectivity index (χ4v) is 2.41. The van der Waals surface area contributed by atoms with E-state index in [4.69, 9.17) is 0 Å². The van der Waals surface area contributed by atoms with Gasteiger partial charge in [0.15, 0.2) is 0 Å². The van der Waals surface area contributed by atoms with E-state index in [0.29, 0.717) is 5.88 Å². The van der Waals surface area contributed by atoms with Crippen LogP contribution >= 0.6 is 11.8 Å². The van der Waals surface area contributed by atoms with Gasteiger partial charge in [-0.05, 0) is 31.9 Å². The minimum atomic E-state index is 0.633. The van der Waals surface area contributed by atoms with Gasteiger partial charge in [0.05, 0.1) is 5.88 Å². The average Bonchev–Trinajstić information content (AvgIpc) is 2.09. The maximum absolute atomic E-state index is 10.1. The van der Waals surface area contributed by atoms with Crippen LogP contribution in [-0.4, -0.2) is 12.3 Å². The van der Waals surface area contributed by atoms with Gasteiger partial charge in [0.1, 0.15) is 0 Å². The summed E-state index contributed by atoms with van der Waals surface area (Å²) in [5.41, 5.74) is 3.84. The van der Waals surface area contributed by atoms with E-state index in [0.717, 1.165) is 6.41 Å². The van der Waals surface area contributed by atoms with Crippen LogP contribution in [0.5, 0.6) is 0 Å². The molecule has 1 aromatic carbocycles. The van der Waals surface area contributed by atoms with E-state index in [2.05, 4.69) is 38.2 Å². The van der Waals surface area contributed by atoms with E-state index in [-0.39, 0.29) is 0 Å². The fraction of sp³-hybridized carbons (Fsp3) is 0.364. The van der Waals surface area contributed by atoms with Crippen LogP contribution in [0.4, 0.5) is 0 Å². The van der Waals surface area contributed by atoms with Gasteiger partial charge in [-0.3, -0.25) is 4.79 Å². The van der Waals surface area contributed by atoms with Crippen molar-refractivity contribution >= 4 is 18.2 Å². The molecule has 2 nitrogen and oxygen atoms in total. The third kappa shape index (κ3) is 2.77. The van der Waals surface area contributed by atoms with Crippen molar-refractivity contribution in [3.8, 4) is 0 Å². The minimum Gasteiger partial charge on any atom is -0.349 e. The number of carbonyl (C=O) groups excluding carboxylic acids is 1. The minimum absolute atomic E-state index is 0.633. The van der Waals surface area contributed by atoms with Crippen molar-refractivity contribution in [3.05, 3.63) is 28.8 Å². The van der Waals surface area contributed by atoms with E-state index >= 15 is 0 Å². The van der Waals surface area contributed by atoms with Gasteiger partial charge in [0.2, 0.25) is 6.41 Å². The van der Waals surface area contributed by atoms with Crippen molar-refractivity contribution in [3.63, 3.8) is 0 Å². The SMILES string of the molecule is Cc1cc(C)c(SCNC=O)c(C)c1. The molecule has 1 rings (SSSR count). The summed E-state index contributed by atoms with van der Waals surface area (Å²) < 4.78 is 0. The highest BCUT2D eigenvalue weighted by molar-refractivity contribution is 7.99. The molecule has 0 saturated carbocycles. The van der Waals surface area contributed by atoms with Gasteiger partial charge >= 0.3 is 0 Å². The van der Waals surface area contributed by atoms with Gasteiger partial charge in [-0.15, -0.1) is 11.8 Å². The van der Waals surface area contributed by atoms with Crippen LogP contribution in [0.15, 0.2) is 17.0 Å². The first kappa shape index (κ1) is 11.1. The number of thioether (sulfide) groups is 1. The van der Waals surface area contributed by atoms with Crippen molar-refractivity contribution < 1.29 is 4.79 Å². The molecular weight excluding hydrogens is 194 g/mol. The summed E-state index contributed by atoms with van der Waals surface area (Å²) in [6, 6.07) is 4.33. The molecule has 0 heterocycles. The van der Waals surface area contributed by atoms with Crippen LogP contribution in [-0.2, 0) is 4.79 Å². The Balaban J connectivity index is 2.80. The Kier molecular flexibility index (Phi) is 4.01. The molecule has 76 valence electrons. The Morgan fingerprint density at radius 1 is 1.29 bits per heavy atom. The zero-order valence-electron chi connectivity index (χ0n) is 8.76. The third-order valence-electron chi connectivity index (χ3n) is 1.99. The van der Waals surface area contributed by atoms with Crippen LogP contribution in [0.2, 0.25) is 0 Å². The van der Waals surface area contributed by atoms with Crippen molar-refractivity contribution in [1.82, 2.24) is 5.32 Å². The van der Waals surface area contributed by atoms with Crippen LogP contribution in [0.1, 0.15) is 16.7 Å². The molecular formula is C11H15NOS. The van der Waals surface area contributed by atoms with E-state index in [1.807, 2.05) is 0 Å². The maximum atomic E-state index is 10.1. The second-order valence-electron chi connectivity index (χ2n) is 3.34. The van der Waals surface area contributed by atoms with Gasteiger partial charge in [-0.1, -0.05) is 17.7 Å². The molecule has 0 aliphatic heterocycles. The average molecular weight is 209 g/mol. The van der Waals surface area contributed by atoms with Gasteiger partial charge in [-0.25, -0.2) is 0 Å². The molecule has 0 aliphatic rings. The van der Waals surface area contributed by atoms with Crippen LogP contribution in [0.25, 0.3) is 0 Å². The lowest BCUT2D eigenvalue weighted by atomic mass is 10.1. The number of hydrogen-bond acceptors (Lipinski definition) is 2. The number of carbonyl (C=O) groups is 1. The summed E-state index contributed by atoms with van der Waals surface area (Å²) >= 11 is 1.66. The molecule has 0 saturated heterocycles. The first-order chi connectivity index (χ1) is 6.65.